The van der Waals surface area contributed by atoms with Crippen LogP contribution in [-0.2, 0) is 9.53 Å². The fraction of sp³-hybridized carbons (Fsp3) is 0.600. The van der Waals surface area contributed by atoms with Crippen molar-refractivity contribution >= 4 is 33.6 Å². The SMILES string of the molecule is CCOC(=O)/C(CO)=C(\O)n1nc(Br)cc1N(C)CC(C)(C)C. The molecule has 1 rings (SSSR count). The van der Waals surface area contributed by atoms with Gasteiger partial charge in [0.25, 0.3) is 0 Å². The zero-order valence-corrected chi connectivity index (χ0v) is 15.7. The van der Waals surface area contributed by atoms with Gasteiger partial charge >= 0.3 is 5.97 Å². The molecule has 0 unspecified atom stereocenters. The summed E-state index contributed by atoms with van der Waals surface area (Å²) in [6, 6.07) is 1.72. The van der Waals surface area contributed by atoms with Crippen molar-refractivity contribution in [2.75, 3.05) is 31.7 Å². The lowest BCUT2D eigenvalue weighted by Gasteiger charge is -2.28. The Bertz CT molecular complexity index is 590. The minimum Gasteiger partial charge on any atom is -0.493 e. The van der Waals surface area contributed by atoms with Crippen molar-refractivity contribution in [3.8, 4) is 0 Å². The van der Waals surface area contributed by atoms with Crippen molar-refractivity contribution in [2.24, 2.45) is 5.41 Å². The predicted octanol–water partition coefficient (Wildman–Crippen LogP) is 2.41. The molecule has 130 valence electrons. The molecule has 0 aliphatic carbocycles. The molecule has 0 aliphatic rings. The van der Waals surface area contributed by atoms with E-state index < -0.39 is 18.5 Å². The van der Waals surface area contributed by atoms with Gasteiger partial charge in [-0.15, -0.1) is 0 Å². The number of carbonyl (C=O) groups excluding carboxylic acids is 1. The Morgan fingerprint density at radius 2 is 2.09 bits per heavy atom. The Morgan fingerprint density at radius 3 is 2.57 bits per heavy atom. The Labute approximate surface area is 144 Å². The van der Waals surface area contributed by atoms with Crippen molar-refractivity contribution in [3.63, 3.8) is 0 Å². The van der Waals surface area contributed by atoms with E-state index in [9.17, 15) is 15.0 Å². The quantitative estimate of drug-likeness (QED) is 0.441. The molecule has 1 aromatic heterocycles. The smallest absolute Gasteiger partial charge is 0.341 e. The largest absolute Gasteiger partial charge is 0.493 e. The lowest BCUT2D eigenvalue weighted by molar-refractivity contribution is -0.139. The number of hydrogen-bond acceptors (Lipinski definition) is 6. The maximum Gasteiger partial charge on any atom is 0.341 e. The molecule has 8 heteroatoms. The van der Waals surface area contributed by atoms with Crippen molar-refractivity contribution < 1.29 is 19.7 Å². The second-order valence-corrected chi connectivity index (χ2v) is 7.15. The second-order valence-electron chi connectivity index (χ2n) is 6.33. The van der Waals surface area contributed by atoms with Crippen LogP contribution in [0.25, 0.3) is 5.88 Å². The topological polar surface area (TPSA) is 87.8 Å². The van der Waals surface area contributed by atoms with Crippen molar-refractivity contribution in [3.05, 3.63) is 16.2 Å². The first-order valence-corrected chi connectivity index (χ1v) is 8.07. The number of carbonyl (C=O) groups is 1. The first-order chi connectivity index (χ1) is 10.6. The number of nitrogens with zero attached hydrogens (tertiary/aromatic N) is 3. The zero-order valence-electron chi connectivity index (χ0n) is 14.1. The summed E-state index contributed by atoms with van der Waals surface area (Å²) in [6.45, 7) is 8.12. The number of hydrogen-bond donors (Lipinski definition) is 2. The van der Waals surface area contributed by atoms with Gasteiger partial charge in [0.1, 0.15) is 16.0 Å². The van der Waals surface area contributed by atoms with Crippen LogP contribution in [0.4, 0.5) is 5.82 Å². The highest BCUT2D eigenvalue weighted by molar-refractivity contribution is 9.10. The third-order valence-corrected chi connectivity index (χ3v) is 3.30. The Morgan fingerprint density at radius 1 is 1.48 bits per heavy atom. The average molecular weight is 390 g/mol. The third kappa shape index (κ3) is 5.24. The lowest BCUT2D eigenvalue weighted by atomic mass is 9.96. The Balaban J connectivity index is 3.29. The van der Waals surface area contributed by atoms with E-state index in [4.69, 9.17) is 4.74 Å². The Hall–Kier alpha value is -1.54. The van der Waals surface area contributed by atoms with E-state index in [1.165, 1.54) is 4.68 Å². The summed E-state index contributed by atoms with van der Waals surface area (Å²) in [6.07, 6.45) is 0. The summed E-state index contributed by atoms with van der Waals surface area (Å²) in [5.41, 5.74) is -0.218. The van der Waals surface area contributed by atoms with Crippen LogP contribution in [0, 0.1) is 5.41 Å². The predicted molar refractivity (Wildman–Crippen MR) is 92.2 cm³/mol. The van der Waals surface area contributed by atoms with Crippen LogP contribution < -0.4 is 4.90 Å². The van der Waals surface area contributed by atoms with Crippen LogP contribution in [0.3, 0.4) is 0 Å². The lowest BCUT2D eigenvalue weighted by Crippen LogP contribution is -2.31. The molecule has 0 aromatic carbocycles. The second kappa shape index (κ2) is 7.83. The maximum atomic E-state index is 11.8. The molecule has 0 spiro atoms. The summed E-state index contributed by atoms with van der Waals surface area (Å²) in [7, 11) is 1.86. The summed E-state index contributed by atoms with van der Waals surface area (Å²) in [5.74, 6) is -0.643. The zero-order chi connectivity index (χ0) is 17.8. The number of aliphatic hydroxyl groups excluding tert-OH is 2. The average Bonchev–Trinajstić information content (AvgIpc) is 2.80. The van der Waals surface area contributed by atoms with Gasteiger partial charge in [-0.1, -0.05) is 20.8 Å². The molecule has 0 saturated heterocycles. The summed E-state index contributed by atoms with van der Waals surface area (Å²) in [5, 5.41) is 23.9. The minimum atomic E-state index is -0.774. The molecule has 0 bridgehead atoms. The Kier molecular flexibility index (Phi) is 6.64. The number of esters is 1. The molecule has 0 fully saturated rings. The molecule has 1 aromatic rings. The summed E-state index contributed by atoms with van der Waals surface area (Å²) < 4.78 is 6.55. The fourth-order valence-corrected chi connectivity index (χ4v) is 2.50. The van der Waals surface area contributed by atoms with Gasteiger partial charge in [-0.2, -0.15) is 9.78 Å². The van der Waals surface area contributed by atoms with E-state index in [0.29, 0.717) is 17.0 Å². The highest BCUT2D eigenvalue weighted by atomic mass is 79.9. The van der Waals surface area contributed by atoms with E-state index in [0.717, 1.165) is 0 Å². The van der Waals surface area contributed by atoms with E-state index in [1.807, 2.05) is 11.9 Å². The first kappa shape index (κ1) is 19.5. The number of rotatable bonds is 6. The van der Waals surface area contributed by atoms with Crippen LogP contribution >= 0.6 is 15.9 Å². The van der Waals surface area contributed by atoms with Crippen molar-refractivity contribution in [2.45, 2.75) is 27.7 Å². The highest BCUT2D eigenvalue weighted by Gasteiger charge is 2.23. The van der Waals surface area contributed by atoms with Crippen LogP contribution in [0.15, 0.2) is 16.2 Å². The van der Waals surface area contributed by atoms with Gasteiger partial charge in [0.05, 0.1) is 13.2 Å². The van der Waals surface area contributed by atoms with Gasteiger partial charge in [0.2, 0.25) is 5.88 Å². The molecule has 1 heterocycles. The number of ether oxygens (including phenoxy) is 1. The van der Waals surface area contributed by atoms with Gasteiger partial charge < -0.3 is 19.8 Å². The van der Waals surface area contributed by atoms with E-state index in [-0.39, 0.29) is 17.6 Å². The highest BCUT2D eigenvalue weighted by Crippen LogP contribution is 2.26. The van der Waals surface area contributed by atoms with Gasteiger partial charge in [-0.3, -0.25) is 0 Å². The molecule has 2 N–H and O–H groups in total. The number of aliphatic hydroxyl groups is 2. The molecule has 0 saturated carbocycles. The molecular weight excluding hydrogens is 366 g/mol. The molecule has 0 radical (unpaired) electrons. The van der Waals surface area contributed by atoms with E-state index >= 15 is 0 Å². The molecule has 0 amide bonds. The van der Waals surface area contributed by atoms with Crippen LogP contribution in [0.2, 0.25) is 0 Å². The van der Waals surface area contributed by atoms with E-state index in [2.05, 4.69) is 41.8 Å². The maximum absolute atomic E-state index is 11.8. The molecule has 0 atom stereocenters. The van der Waals surface area contributed by atoms with Crippen LogP contribution in [-0.4, -0.2) is 52.8 Å². The van der Waals surface area contributed by atoms with Crippen molar-refractivity contribution in [1.29, 1.82) is 0 Å². The standard InChI is InChI=1S/C15H24BrN3O4/c1-6-23-14(22)10(8-20)13(21)19-12(7-11(16)17-19)18(5)9-15(2,3)4/h7,20-21H,6,8-9H2,1-5H3/b13-10-. The van der Waals surface area contributed by atoms with E-state index in [1.54, 1.807) is 13.0 Å². The van der Waals surface area contributed by atoms with Gasteiger partial charge in [0, 0.05) is 19.7 Å². The van der Waals surface area contributed by atoms with Crippen LogP contribution in [0.5, 0.6) is 0 Å². The van der Waals surface area contributed by atoms with Crippen molar-refractivity contribution in [1.82, 2.24) is 9.78 Å². The molecule has 23 heavy (non-hydrogen) atoms. The number of halogens is 1. The summed E-state index contributed by atoms with van der Waals surface area (Å²) in [4.78, 5) is 13.8. The van der Waals surface area contributed by atoms with Gasteiger partial charge in [0.15, 0.2) is 0 Å². The molecule has 0 aliphatic heterocycles. The van der Waals surface area contributed by atoms with Gasteiger partial charge in [-0.25, -0.2) is 4.79 Å². The summed E-state index contributed by atoms with van der Waals surface area (Å²) >= 11 is 3.27. The number of anilines is 1. The monoisotopic (exact) mass is 389 g/mol. The number of aromatic nitrogens is 2. The van der Waals surface area contributed by atoms with Crippen LogP contribution in [0.1, 0.15) is 27.7 Å². The fourth-order valence-electron chi connectivity index (χ4n) is 2.14. The normalized spacial score (nSPS) is 12.8. The molecular formula is C15H24BrN3O4. The first-order valence-electron chi connectivity index (χ1n) is 7.28. The minimum absolute atomic E-state index is 0.0244. The van der Waals surface area contributed by atoms with Gasteiger partial charge in [-0.05, 0) is 28.3 Å². The third-order valence-electron chi connectivity index (χ3n) is 2.91. The molecule has 7 nitrogen and oxygen atoms in total.